The molecule has 2 N–H and O–H groups in total. The largest absolute Gasteiger partial charge is 0.366 e. The van der Waals surface area contributed by atoms with Crippen molar-refractivity contribution in [2.75, 3.05) is 0 Å². The van der Waals surface area contributed by atoms with Crippen LogP contribution < -0.4 is 5.73 Å². The highest BCUT2D eigenvalue weighted by Crippen LogP contribution is 2.36. The van der Waals surface area contributed by atoms with E-state index in [2.05, 4.69) is 0 Å². The number of carbonyl (C=O) groups excluding carboxylic acids is 1. The molecule has 30 heavy (non-hydrogen) atoms. The molecule has 0 spiro atoms. The van der Waals surface area contributed by atoms with Crippen molar-refractivity contribution in [2.24, 2.45) is 5.73 Å². The molecule has 0 bridgehead atoms. The summed E-state index contributed by atoms with van der Waals surface area (Å²) in [5.41, 5.74) is 8.85. The van der Waals surface area contributed by atoms with Gasteiger partial charge in [0.2, 0.25) is 5.91 Å². The van der Waals surface area contributed by atoms with Crippen molar-refractivity contribution in [3.63, 3.8) is 0 Å². The maximum atomic E-state index is 14.4. The minimum Gasteiger partial charge on any atom is -0.366 e. The molecule has 1 amide bonds. The molecule has 6 heteroatoms. The van der Waals surface area contributed by atoms with E-state index < -0.39 is 17.5 Å². The third kappa shape index (κ3) is 2.97. The van der Waals surface area contributed by atoms with Crippen LogP contribution in [0.15, 0.2) is 72.1 Å². The average molecular weight is 418 g/mol. The van der Waals surface area contributed by atoms with Crippen LogP contribution in [-0.2, 0) is 6.54 Å². The first-order chi connectivity index (χ1) is 14.5. The summed E-state index contributed by atoms with van der Waals surface area (Å²) in [5.74, 6) is -1.50. The molecule has 0 aliphatic rings. The van der Waals surface area contributed by atoms with Gasteiger partial charge in [0.15, 0.2) is 0 Å². The van der Waals surface area contributed by atoms with Gasteiger partial charge in [0.1, 0.15) is 11.6 Å². The fourth-order valence-electron chi connectivity index (χ4n) is 3.95. The number of hydrogen-bond acceptors (Lipinski definition) is 2. The summed E-state index contributed by atoms with van der Waals surface area (Å²) < 4.78 is 30.1. The van der Waals surface area contributed by atoms with Crippen LogP contribution in [0.1, 0.15) is 15.9 Å². The Morgan fingerprint density at radius 3 is 2.60 bits per heavy atom. The standard InChI is InChI=1S/C24H16F2N2OS/c25-16-7-9-19(26)15(11-16)13-28-20-4-1-3-18(24(27)29)23(20)17-8-6-14(12-21(17)28)22-5-2-10-30-22/h1-12H,13H2,(H2,27,29). The van der Waals surface area contributed by atoms with Crippen molar-refractivity contribution < 1.29 is 13.6 Å². The number of rotatable bonds is 4. The second-order valence-corrected chi connectivity index (χ2v) is 8.04. The van der Waals surface area contributed by atoms with Gasteiger partial charge in [-0.1, -0.05) is 24.3 Å². The van der Waals surface area contributed by atoms with Gasteiger partial charge in [0.05, 0.1) is 17.6 Å². The van der Waals surface area contributed by atoms with Gasteiger partial charge in [-0.2, -0.15) is 0 Å². The van der Waals surface area contributed by atoms with Crippen LogP contribution >= 0.6 is 11.3 Å². The smallest absolute Gasteiger partial charge is 0.249 e. The van der Waals surface area contributed by atoms with Crippen LogP contribution in [0.3, 0.4) is 0 Å². The summed E-state index contributed by atoms with van der Waals surface area (Å²) in [5, 5.41) is 3.56. The molecule has 0 fully saturated rings. The highest BCUT2D eigenvalue weighted by Gasteiger charge is 2.18. The van der Waals surface area contributed by atoms with Crippen molar-refractivity contribution in [3.8, 4) is 10.4 Å². The van der Waals surface area contributed by atoms with Gasteiger partial charge in [-0.15, -0.1) is 11.3 Å². The van der Waals surface area contributed by atoms with Gasteiger partial charge in [-0.05, 0) is 53.4 Å². The summed E-state index contributed by atoms with van der Waals surface area (Å²) in [6, 6.07) is 18.7. The Morgan fingerprint density at radius 2 is 1.83 bits per heavy atom. The predicted molar refractivity (Wildman–Crippen MR) is 117 cm³/mol. The number of carbonyl (C=O) groups is 1. The van der Waals surface area contributed by atoms with E-state index in [1.165, 1.54) is 6.07 Å². The number of nitrogens with two attached hydrogens (primary N) is 1. The highest BCUT2D eigenvalue weighted by molar-refractivity contribution is 7.13. The van der Waals surface area contributed by atoms with Crippen molar-refractivity contribution >= 4 is 39.0 Å². The van der Waals surface area contributed by atoms with E-state index >= 15 is 0 Å². The third-order valence-corrected chi connectivity index (χ3v) is 6.22. The second-order valence-electron chi connectivity index (χ2n) is 7.10. The number of primary amides is 1. The topological polar surface area (TPSA) is 48.0 Å². The molecule has 5 rings (SSSR count). The number of hydrogen-bond donors (Lipinski definition) is 1. The van der Waals surface area contributed by atoms with E-state index in [1.54, 1.807) is 23.5 Å². The zero-order valence-electron chi connectivity index (χ0n) is 15.7. The number of aromatic nitrogens is 1. The summed E-state index contributed by atoms with van der Waals surface area (Å²) in [6.07, 6.45) is 0. The molecule has 0 aliphatic heterocycles. The van der Waals surface area contributed by atoms with Crippen LogP contribution in [0.25, 0.3) is 32.2 Å². The first-order valence-corrected chi connectivity index (χ1v) is 10.2. The molecule has 2 heterocycles. The van der Waals surface area contributed by atoms with Crippen LogP contribution in [0.4, 0.5) is 8.78 Å². The van der Waals surface area contributed by atoms with Gasteiger partial charge in [0, 0.05) is 26.8 Å². The number of fused-ring (bicyclic) bond motifs is 3. The zero-order valence-corrected chi connectivity index (χ0v) is 16.5. The molecule has 5 aromatic rings. The molecular weight excluding hydrogens is 402 g/mol. The van der Waals surface area contributed by atoms with Crippen LogP contribution in [0.2, 0.25) is 0 Å². The van der Waals surface area contributed by atoms with Gasteiger partial charge in [-0.25, -0.2) is 8.78 Å². The Bertz CT molecular complexity index is 1420. The molecule has 3 nitrogen and oxygen atoms in total. The molecule has 0 unspecified atom stereocenters. The van der Waals surface area contributed by atoms with E-state index in [9.17, 15) is 13.6 Å². The molecule has 148 valence electrons. The number of amides is 1. The quantitative estimate of drug-likeness (QED) is 0.385. The molecule has 3 aromatic carbocycles. The minimum atomic E-state index is -0.529. The Balaban J connectivity index is 1.83. The molecule has 0 saturated carbocycles. The van der Waals surface area contributed by atoms with E-state index in [1.807, 2.05) is 46.3 Å². The first-order valence-electron chi connectivity index (χ1n) is 9.35. The lowest BCUT2D eigenvalue weighted by Crippen LogP contribution is -2.11. The maximum Gasteiger partial charge on any atom is 0.249 e. The monoisotopic (exact) mass is 418 g/mol. The fraction of sp³-hybridized carbons (Fsp3) is 0.0417. The number of halogens is 2. The van der Waals surface area contributed by atoms with E-state index in [0.717, 1.165) is 44.4 Å². The molecule has 0 saturated heterocycles. The van der Waals surface area contributed by atoms with Crippen LogP contribution in [-0.4, -0.2) is 10.5 Å². The highest BCUT2D eigenvalue weighted by atomic mass is 32.1. The number of thiophene rings is 1. The van der Waals surface area contributed by atoms with E-state index in [0.29, 0.717) is 5.56 Å². The summed E-state index contributed by atoms with van der Waals surface area (Å²) >= 11 is 1.62. The Morgan fingerprint density at radius 1 is 0.967 bits per heavy atom. The Hall–Kier alpha value is -3.51. The zero-order chi connectivity index (χ0) is 20.8. The minimum absolute atomic E-state index is 0.125. The lowest BCUT2D eigenvalue weighted by molar-refractivity contribution is 0.100. The average Bonchev–Trinajstić information content (AvgIpc) is 3.37. The maximum absolute atomic E-state index is 14.4. The molecule has 0 atom stereocenters. The van der Waals surface area contributed by atoms with Gasteiger partial charge >= 0.3 is 0 Å². The normalized spacial score (nSPS) is 11.4. The van der Waals surface area contributed by atoms with Gasteiger partial charge in [0.25, 0.3) is 0 Å². The second kappa shape index (κ2) is 7.07. The number of benzene rings is 3. The van der Waals surface area contributed by atoms with Crippen molar-refractivity contribution in [1.29, 1.82) is 0 Å². The molecular formula is C24H16F2N2OS. The first kappa shape index (κ1) is 18.5. The van der Waals surface area contributed by atoms with Gasteiger partial charge < -0.3 is 10.3 Å². The Kier molecular flexibility index (Phi) is 4.37. The van der Waals surface area contributed by atoms with Gasteiger partial charge in [-0.3, -0.25) is 4.79 Å². The number of nitrogens with zero attached hydrogens (tertiary/aromatic N) is 1. The lowest BCUT2D eigenvalue weighted by atomic mass is 10.0. The summed E-state index contributed by atoms with van der Waals surface area (Å²) in [7, 11) is 0. The van der Waals surface area contributed by atoms with Crippen LogP contribution in [0, 0.1) is 11.6 Å². The van der Waals surface area contributed by atoms with E-state index in [-0.39, 0.29) is 12.1 Å². The Labute approximate surface area is 175 Å². The SMILES string of the molecule is NC(=O)c1cccc2c1c1ccc(-c3cccs3)cc1n2Cc1cc(F)ccc1F. The molecule has 0 radical (unpaired) electrons. The summed E-state index contributed by atoms with van der Waals surface area (Å²) in [4.78, 5) is 13.2. The summed E-state index contributed by atoms with van der Waals surface area (Å²) in [6.45, 7) is 0.125. The van der Waals surface area contributed by atoms with Crippen molar-refractivity contribution in [3.05, 3.63) is 94.9 Å². The van der Waals surface area contributed by atoms with Crippen molar-refractivity contribution in [2.45, 2.75) is 6.54 Å². The lowest BCUT2D eigenvalue weighted by Gasteiger charge is -2.10. The fourth-order valence-corrected chi connectivity index (χ4v) is 4.67. The third-order valence-electron chi connectivity index (χ3n) is 5.30. The van der Waals surface area contributed by atoms with Crippen LogP contribution in [0.5, 0.6) is 0 Å². The van der Waals surface area contributed by atoms with E-state index in [4.69, 9.17) is 5.73 Å². The van der Waals surface area contributed by atoms with Crippen molar-refractivity contribution in [1.82, 2.24) is 4.57 Å². The molecule has 2 aromatic heterocycles. The molecule has 0 aliphatic carbocycles. The predicted octanol–water partition coefficient (Wildman–Crippen LogP) is 5.95.